The third-order valence-corrected chi connectivity index (χ3v) is 6.30. The van der Waals surface area contributed by atoms with E-state index in [0.717, 1.165) is 10.5 Å². The summed E-state index contributed by atoms with van der Waals surface area (Å²) in [4.78, 5) is 51.3. The number of hydrogen-bond acceptors (Lipinski definition) is 7. The fraction of sp³-hybridized carbons (Fsp3) is 0.0323. The van der Waals surface area contributed by atoms with Crippen LogP contribution in [0.4, 0.5) is 11.4 Å². The van der Waals surface area contributed by atoms with E-state index in [4.69, 9.17) is 21.1 Å². The number of carbonyl (C=O) groups excluding carboxylic acids is 4. The summed E-state index contributed by atoms with van der Waals surface area (Å²) in [5, 5.41) is 2.63. The van der Waals surface area contributed by atoms with Crippen LogP contribution in [0.3, 0.4) is 0 Å². The van der Waals surface area contributed by atoms with Gasteiger partial charge in [-0.1, -0.05) is 60.1 Å². The van der Waals surface area contributed by atoms with Gasteiger partial charge in [0.2, 0.25) is 0 Å². The Bertz CT molecular complexity index is 1600. The Balaban J connectivity index is 1.18. The molecule has 4 aromatic rings. The average Bonchev–Trinajstić information content (AvgIpc) is 3.20. The van der Waals surface area contributed by atoms with Gasteiger partial charge in [-0.25, -0.2) is 14.5 Å². The van der Waals surface area contributed by atoms with Gasteiger partial charge in [-0.3, -0.25) is 9.59 Å². The highest BCUT2D eigenvalue weighted by atomic mass is 35.5. The molecule has 1 aliphatic heterocycles. The first-order valence-electron chi connectivity index (χ1n) is 12.1. The van der Waals surface area contributed by atoms with Crippen LogP contribution in [0.15, 0.2) is 120 Å². The van der Waals surface area contributed by atoms with E-state index in [9.17, 15) is 19.2 Å². The molecule has 8 nitrogen and oxygen atoms in total. The molecule has 9 heteroatoms. The first-order chi connectivity index (χ1) is 19.4. The monoisotopic (exact) mass is 552 g/mol. The molecule has 0 spiro atoms. The summed E-state index contributed by atoms with van der Waals surface area (Å²) in [6.45, 7) is 0.153. The lowest BCUT2D eigenvalue weighted by Gasteiger charge is -2.14. The molecule has 4 aromatic carbocycles. The maximum Gasteiger partial charge on any atom is 0.343 e. The summed E-state index contributed by atoms with van der Waals surface area (Å²) >= 11 is 6.17. The van der Waals surface area contributed by atoms with Crippen molar-refractivity contribution in [2.45, 2.75) is 6.61 Å². The highest BCUT2D eigenvalue weighted by Gasteiger charge is 2.38. The van der Waals surface area contributed by atoms with E-state index in [1.807, 2.05) is 30.3 Å². The molecule has 2 amide bonds. The molecule has 0 saturated carbocycles. The summed E-state index contributed by atoms with van der Waals surface area (Å²) < 4.78 is 10.7. The topological polar surface area (TPSA) is 102 Å². The van der Waals surface area contributed by atoms with Gasteiger partial charge in [-0.15, -0.1) is 0 Å². The maximum absolute atomic E-state index is 12.9. The van der Waals surface area contributed by atoms with Gasteiger partial charge in [0.15, 0.2) is 0 Å². The van der Waals surface area contributed by atoms with Gasteiger partial charge in [0, 0.05) is 5.69 Å². The van der Waals surface area contributed by atoms with Gasteiger partial charge in [-0.05, 0) is 66.2 Å². The number of esters is 2. The van der Waals surface area contributed by atoms with E-state index in [1.165, 1.54) is 36.4 Å². The number of imide groups is 1. The molecule has 1 N–H and O–H groups in total. The molecule has 0 aliphatic carbocycles. The molecule has 0 fully saturated rings. The summed E-state index contributed by atoms with van der Waals surface area (Å²) in [5.74, 6) is -2.08. The molecule has 0 radical (unpaired) electrons. The third kappa shape index (κ3) is 5.77. The lowest BCUT2D eigenvalue weighted by Crippen LogP contribution is -2.32. The minimum atomic E-state index is -0.629. The number of rotatable bonds is 8. The Kier molecular flexibility index (Phi) is 7.70. The molecular formula is C31H21ClN2O6. The molecule has 1 aliphatic rings. The van der Waals surface area contributed by atoms with E-state index in [2.05, 4.69) is 5.32 Å². The molecular weight excluding hydrogens is 532 g/mol. The second kappa shape index (κ2) is 11.7. The number of halogens is 1. The summed E-state index contributed by atoms with van der Waals surface area (Å²) in [6, 6.07) is 29.9. The van der Waals surface area contributed by atoms with Crippen LogP contribution in [-0.2, 0) is 20.9 Å². The first-order valence-corrected chi connectivity index (χ1v) is 12.5. The molecule has 5 rings (SSSR count). The molecule has 1 heterocycles. The van der Waals surface area contributed by atoms with Crippen LogP contribution < -0.4 is 15.0 Å². The zero-order chi connectivity index (χ0) is 28.1. The number of benzene rings is 4. The predicted octanol–water partition coefficient (Wildman–Crippen LogP) is 5.70. The lowest BCUT2D eigenvalue weighted by molar-refractivity contribution is -0.120. The van der Waals surface area contributed by atoms with Crippen molar-refractivity contribution < 1.29 is 28.7 Å². The minimum absolute atomic E-state index is 0.0618. The van der Waals surface area contributed by atoms with Crippen molar-refractivity contribution >= 4 is 46.7 Å². The second-order valence-electron chi connectivity index (χ2n) is 8.65. The van der Waals surface area contributed by atoms with Crippen LogP contribution in [0.2, 0.25) is 0 Å². The number of ether oxygens (including phenoxy) is 2. The summed E-state index contributed by atoms with van der Waals surface area (Å²) in [7, 11) is 0. The van der Waals surface area contributed by atoms with Crippen molar-refractivity contribution in [3.05, 3.63) is 137 Å². The van der Waals surface area contributed by atoms with Gasteiger partial charge in [0.05, 0.1) is 16.8 Å². The smallest absolute Gasteiger partial charge is 0.343 e. The number of nitrogens with one attached hydrogen (secondary N) is 1. The van der Waals surface area contributed by atoms with Crippen LogP contribution in [-0.4, -0.2) is 23.8 Å². The molecule has 40 heavy (non-hydrogen) atoms. The Labute approximate surface area is 234 Å². The summed E-state index contributed by atoms with van der Waals surface area (Å²) in [5.41, 5.74) is 2.23. The van der Waals surface area contributed by atoms with Crippen LogP contribution >= 0.6 is 11.6 Å². The minimum Gasteiger partial charge on any atom is -0.457 e. The fourth-order valence-electron chi connectivity index (χ4n) is 3.89. The van der Waals surface area contributed by atoms with Gasteiger partial charge < -0.3 is 14.8 Å². The van der Waals surface area contributed by atoms with Gasteiger partial charge in [-0.2, -0.15) is 0 Å². The highest BCUT2D eigenvalue weighted by Crippen LogP contribution is 2.30. The highest BCUT2D eigenvalue weighted by molar-refractivity contribution is 6.53. The van der Waals surface area contributed by atoms with Crippen molar-refractivity contribution in [1.29, 1.82) is 0 Å². The lowest BCUT2D eigenvalue weighted by atomic mass is 10.2. The molecule has 0 aromatic heterocycles. The Morgan fingerprint density at radius 3 is 1.93 bits per heavy atom. The zero-order valence-corrected chi connectivity index (χ0v) is 21.6. The number of anilines is 2. The summed E-state index contributed by atoms with van der Waals surface area (Å²) in [6.07, 6.45) is 0. The van der Waals surface area contributed by atoms with Crippen molar-refractivity contribution in [1.82, 2.24) is 0 Å². The van der Waals surface area contributed by atoms with Crippen LogP contribution in [0.1, 0.15) is 26.3 Å². The number of carbonyl (C=O) groups is 4. The SMILES string of the molecule is O=C(OCc1ccccc1)c1ccc(OC(=O)c2ccc(NC3=C(Cl)C(=O)N(c4ccccc4)C3=O)cc2)cc1. The fourth-order valence-corrected chi connectivity index (χ4v) is 4.10. The van der Waals surface area contributed by atoms with Crippen molar-refractivity contribution in [2.24, 2.45) is 0 Å². The predicted molar refractivity (Wildman–Crippen MR) is 149 cm³/mol. The van der Waals surface area contributed by atoms with Crippen LogP contribution in [0.5, 0.6) is 5.75 Å². The Morgan fingerprint density at radius 1 is 0.700 bits per heavy atom. The standard InChI is InChI=1S/C31H21ClN2O6/c32-26-27(29(36)34(28(26)35)24-9-5-2-6-10-24)33-23-15-11-22(12-16-23)31(38)40-25-17-13-21(14-18-25)30(37)39-19-20-7-3-1-4-8-20/h1-18,33H,19H2. The number of nitrogens with zero attached hydrogens (tertiary/aromatic N) is 1. The average molecular weight is 553 g/mol. The normalized spacial score (nSPS) is 12.9. The quantitative estimate of drug-likeness (QED) is 0.170. The third-order valence-electron chi connectivity index (χ3n) is 5.94. The van der Waals surface area contributed by atoms with Gasteiger partial charge in [0.1, 0.15) is 23.1 Å². The maximum atomic E-state index is 12.9. The van der Waals surface area contributed by atoms with Crippen molar-refractivity contribution in [2.75, 3.05) is 10.2 Å². The number of para-hydroxylation sites is 1. The number of amides is 2. The van der Waals surface area contributed by atoms with E-state index in [-0.39, 0.29) is 28.6 Å². The molecule has 0 saturated heterocycles. The largest absolute Gasteiger partial charge is 0.457 e. The van der Waals surface area contributed by atoms with Crippen LogP contribution in [0.25, 0.3) is 0 Å². The van der Waals surface area contributed by atoms with Crippen molar-refractivity contribution in [3.8, 4) is 5.75 Å². The molecule has 0 bridgehead atoms. The zero-order valence-electron chi connectivity index (χ0n) is 20.9. The molecule has 198 valence electrons. The van der Waals surface area contributed by atoms with E-state index < -0.39 is 23.8 Å². The second-order valence-corrected chi connectivity index (χ2v) is 9.03. The Hall–Kier alpha value is -5.21. The van der Waals surface area contributed by atoms with Crippen molar-refractivity contribution in [3.63, 3.8) is 0 Å². The van der Waals surface area contributed by atoms with Gasteiger partial charge >= 0.3 is 11.9 Å². The Morgan fingerprint density at radius 2 is 1.27 bits per heavy atom. The van der Waals surface area contributed by atoms with Crippen LogP contribution in [0, 0.1) is 0 Å². The number of hydrogen-bond donors (Lipinski definition) is 1. The van der Waals surface area contributed by atoms with E-state index in [1.54, 1.807) is 42.5 Å². The molecule has 0 unspecified atom stereocenters. The van der Waals surface area contributed by atoms with E-state index in [0.29, 0.717) is 16.9 Å². The molecule has 0 atom stereocenters. The van der Waals surface area contributed by atoms with Gasteiger partial charge in [0.25, 0.3) is 11.8 Å². The van der Waals surface area contributed by atoms with E-state index >= 15 is 0 Å². The first kappa shape index (κ1) is 26.4.